The summed E-state index contributed by atoms with van der Waals surface area (Å²) < 4.78 is 36.8. The fourth-order valence-electron chi connectivity index (χ4n) is 7.51. The zero-order valence-electron chi connectivity index (χ0n) is 25.1. The monoisotopic (exact) mass is 552 g/mol. The number of carbonyl (C=O) groups excluding carboxylic acids is 1. The standard InChI is InChI=1S/C33H44O7/c1-31(2,3)40-30(34)39-28(21-14-10-12-16-25(21)36-8)27(20-13-9-11-15-24(20)35-7)37-26-19-22-23-17-18-33(6,29(22)38-26)32(23,4)5/h9-16,22-23,26-29H,17-19H2,1-8H3/t22-,23-,26-,27-,28+,29-,33+/m1/s1. The van der Waals surface area contributed by atoms with Gasteiger partial charge in [-0.1, -0.05) is 57.2 Å². The first-order valence-electron chi connectivity index (χ1n) is 14.4. The van der Waals surface area contributed by atoms with Gasteiger partial charge in [0.2, 0.25) is 0 Å². The molecule has 7 atom stereocenters. The first kappa shape index (κ1) is 28.7. The lowest BCUT2D eigenvalue weighted by molar-refractivity contribution is -0.209. The summed E-state index contributed by atoms with van der Waals surface area (Å²) in [5.41, 5.74) is 1.03. The third-order valence-corrected chi connectivity index (χ3v) is 9.75. The number of carbonyl (C=O) groups is 1. The van der Waals surface area contributed by atoms with Crippen molar-refractivity contribution in [3.63, 3.8) is 0 Å². The molecule has 7 nitrogen and oxygen atoms in total. The second-order valence-electron chi connectivity index (χ2n) is 13.2. The highest BCUT2D eigenvalue weighted by atomic mass is 16.8. The number of ether oxygens (including phenoxy) is 6. The number of para-hydroxylation sites is 2. The smallest absolute Gasteiger partial charge is 0.496 e. The zero-order chi connectivity index (χ0) is 28.9. The molecule has 3 fully saturated rings. The van der Waals surface area contributed by atoms with E-state index in [0.717, 1.165) is 12.0 Å². The lowest BCUT2D eigenvalue weighted by Crippen LogP contribution is -2.38. The van der Waals surface area contributed by atoms with Gasteiger partial charge in [0.25, 0.3) is 0 Å². The molecular formula is C33H44O7. The van der Waals surface area contributed by atoms with Crippen molar-refractivity contribution < 1.29 is 33.2 Å². The summed E-state index contributed by atoms with van der Waals surface area (Å²) >= 11 is 0. The van der Waals surface area contributed by atoms with Crippen LogP contribution in [-0.4, -0.2) is 38.4 Å². The van der Waals surface area contributed by atoms with Crippen LogP contribution in [0.2, 0.25) is 0 Å². The molecule has 5 rings (SSSR count). The van der Waals surface area contributed by atoms with Crippen molar-refractivity contribution in [1.29, 1.82) is 0 Å². The molecule has 0 radical (unpaired) electrons. The van der Waals surface area contributed by atoms with Gasteiger partial charge in [-0.25, -0.2) is 4.79 Å². The molecule has 2 saturated carbocycles. The van der Waals surface area contributed by atoms with Gasteiger partial charge in [0, 0.05) is 17.5 Å². The maximum atomic E-state index is 13.1. The Labute approximate surface area is 238 Å². The van der Waals surface area contributed by atoms with Crippen LogP contribution in [0.5, 0.6) is 11.5 Å². The van der Waals surface area contributed by atoms with E-state index in [-0.39, 0.29) is 16.9 Å². The Balaban J connectivity index is 1.53. The molecule has 2 aromatic carbocycles. The molecule has 1 aliphatic heterocycles. The maximum absolute atomic E-state index is 13.1. The van der Waals surface area contributed by atoms with E-state index in [1.54, 1.807) is 14.2 Å². The van der Waals surface area contributed by atoms with Crippen LogP contribution in [0.1, 0.15) is 84.1 Å². The highest BCUT2D eigenvalue weighted by Crippen LogP contribution is 2.71. The molecule has 2 bridgehead atoms. The Bertz CT molecular complexity index is 1220. The van der Waals surface area contributed by atoms with Crippen LogP contribution in [0.3, 0.4) is 0 Å². The van der Waals surface area contributed by atoms with E-state index in [9.17, 15) is 4.79 Å². The Morgan fingerprint density at radius 1 is 0.925 bits per heavy atom. The van der Waals surface area contributed by atoms with E-state index in [1.165, 1.54) is 12.8 Å². The second-order valence-corrected chi connectivity index (χ2v) is 13.2. The Hall–Kier alpha value is -2.77. The zero-order valence-corrected chi connectivity index (χ0v) is 25.1. The summed E-state index contributed by atoms with van der Waals surface area (Å²) in [6.07, 6.45) is 0.440. The van der Waals surface area contributed by atoms with Crippen LogP contribution in [0, 0.1) is 22.7 Å². The summed E-state index contributed by atoms with van der Waals surface area (Å²) in [4.78, 5) is 13.1. The van der Waals surface area contributed by atoms with E-state index in [0.29, 0.717) is 28.9 Å². The molecule has 2 aliphatic carbocycles. The molecule has 2 aromatic rings. The average molecular weight is 553 g/mol. The fraction of sp³-hybridized carbons (Fsp3) is 0.606. The molecule has 40 heavy (non-hydrogen) atoms. The minimum atomic E-state index is -0.893. The van der Waals surface area contributed by atoms with Crippen molar-refractivity contribution in [2.75, 3.05) is 14.2 Å². The summed E-state index contributed by atoms with van der Waals surface area (Å²) in [5, 5.41) is 0. The molecule has 3 aliphatic rings. The van der Waals surface area contributed by atoms with Crippen LogP contribution in [0.25, 0.3) is 0 Å². The SMILES string of the molecule is COc1ccccc1[C@@H](O[C@H]1C[C@@H]2[C@H]3CC[C@@](C)([C@@H]2O1)C3(C)C)[C@@H](OC(=O)OC(C)(C)C)c1ccccc1OC. The molecule has 1 saturated heterocycles. The lowest BCUT2D eigenvalue weighted by atomic mass is 9.70. The number of hydrogen-bond donors (Lipinski definition) is 0. The van der Waals surface area contributed by atoms with E-state index < -0.39 is 30.3 Å². The topological polar surface area (TPSA) is 72.5 Å². The quantitative estimate of drug-likeness (QED) is 0.312. The average Bonchev–Trinajstić information content (AvgIpc) is 3.48. The van der Waals surface area contributed by atoms with E-state index >= 15 is 0 Å². The molecule has 7 heteroatoms. The fourth-order valence-corrected chi connectivity index (χ4v) is 7.51. The van der Waals surface area contributed by atoms with Crippen LogP contribution in [0.15, 0.2) is 48.5 Å². The molecule has 0 unspecified atom stereocenters. The van der Waals surface area contributed by atoms with Gasteiger partial charge < -0.3 is 28.4 Å². The summed E-state index contributed by atoms with van der Waals surface area (Å²) in [6, 6.07) is 15.1. The van der Waals surface area contributed by atoms with Crippen LogP contribution in [0.4, 0.5) is 4.79 Å². The first-order valence-corrected chi connectivity index (χ1v) is 14.4. The molecule has 1 heterocycles. The maximum Gasteiger partial charge on any atom is 0.509 e. The van der Waals surface area contributed by atoms with Gasteiger partial charge >= 0.3 is 6.16 Å². The highest BCUT2D eigenvalue weighted by molar-refractivity contribution is 5.61. The normalized spacial score (nSPS) is 29.9. The van der Waals surface area contributed by atoms with Gasteiger partial charge in [-0.2, -0.15) is 0 Å². The molecule has 0 N–H and O–H groups in total. The van der Waals surface area contributed by atoms with E-state index in [4.69, 9.17) is 28.4 Å². The number of methoxy groups -OCH3 is 2. The second kappa shape index (κ2) is 10.6. The first-order chi connectivity index (χ1) is 18.9. The van der Waals surface area contributed by atoms with Gasteiger partial charge in [-0.05, 0) is 68.4 Å². The van der Waals surface area contributed by atoms with Crippen LogP contribution in [-0.2, 0) is 18.9 Å². The van der Waals surface area contributed by atoms with Crippen molar-refractivity contribution in [3.8, 4) is 11.5 Å². The van der Waals surface area contributed by atoms with Crippen molar-refractivity contribution in [2.24, 2.45) is 22.7 Å². The van der Waals surface area contributed by atoms with Gasteiger partial charge in [-0.3, -0.25) is 0 Å². The summed E-state index contributed by atoms with van der Waals surface area (Å²) in [7, 11) is 3.22. The minimum Gasteiger partial charge on any atom is -0.496 e. The van der Waals surface area contributed by atoms with E-state index in [2.05, 4.69) is 20.8 Å². The number of rotatable bonds is 8. The Kier molecular flexibility index (Phi) is 7.60. The number of fused-ring (bicyclic) bond motifs is 5. The van der Waals surface area contributed by atoms with Crippen molar-refractivity contribution in [2.45, 2.75) is 91.0 Å². The van der Waals surface area contributed by atoms with Crippen molar-refractivity contribution >= 4 is 6.16 Å². The molecular weight excluding hydrogens is 508 g/mol. The van der Waals surface area contributed by atoms with Gasteiger partial charge in [-0.15, -0.1) is 0 Å². The van der Waals surface area contributed by atoms with Crippen molar-refractivity contribution in [3.05, 3.63) is 59.7 Å². The van der Waals surface area contributed by atoms with Gasteiger partial charge in [0.15, 0.2) is 12.4 Å². The molecule has 0 amide bonds. The number of benzene rings is 2. The number of hydrogen-bond acceptors (Lipinski definition) is 7. The van der Waals surface area contributed by atoms with Crippen molar-refractivity contribution in [1.82, 2.24) is 0 Å². The Morgan fingerprint density at radius 3 is 2.05 bits per heavy atom. The van der Waals surface area contributed by atoms with Crippen LogP contribution >= 0.6 is 0 Å². The molecule has 0 spiro atoms. The predicted octanol–water partition coefficient (Wildman–Crippen LogP) is 7.64. The Morgan fingerprint density at radius 2 is 1.50 bits per heavy atom. The van der Waals surface area contributed by atoms with E-state index in [1.807, 2.05) is 69.3 Å². The third kappa shape index (κ3) is 4.96. The molecule has 218 valence electrons. The summed E-state index contributed by atoms with van der Waals surface area (Å²) in [6.45, 7) is 12.6. The van der Waals surface area contributed by atoms with Gasteiger partial charge in [0.1, 0.15) is 23.2 Å². The minimum absolute atomic E-state index is 0.107. The highest BCUT2D eigenvalue weighted by Gasteiger charge is 2.69. The summed E-state index contributed by atoms with van der Waals surface area (Å²) in [5.74, 6) is 2.25. The largest absolute Gasteiger partial charge is 0.509 e. The lowest BCUT2D eigenvalue weighted by Gasteiger charge is -2.39. The van der Waals surface area contributed by atoms with Crippen LogP contribution < -0.4 is 9.47 Å². The molecule has 0 aromatic heterocycles. The van der Waals surface area contributed by atoms with Gasteiger partial charge in [0.05, 0.1) is 20.3 Å². The predicted molar refractivity (Wildman–Crippen MR) is 151 cm³/mol. The third-order valence-electron chi connectivity index (χ3n) is 9.75.